The van der Waals surface area contributed by atoms with Gasteiger partial charge < -0.3 is 9.64 Å². The van der Waals surface area contributed by atoms with Crippen LogP contribution in [0.4, 0.5) is 5.13 Å². The lowest BCUT2D eigenvalue weighted by atomic mass is 10.0. The Hall–Kier alpha value is -2.96. The Morgan fingerprint density at radius 1 is 0.968 bits per heavy atom. The van der Waals surface area contributed by atoms with E-state index in [0.717, 1.165) is 46.4 Å². The van der Waals surface area contributed by atoms with Crippen molar-refractivity contribution in [3.8, 4) is 5.75 Å². The van der Waals surface area contributed by atoms with Gasteiger partial charge in [-0.1, -0.05) is 67.6 Å². The predicted octanol–water partition coefficient (Wildman–Crippen LogP) is 5.45. The molecule has 0 N–H and O–H groups in total. The van der Waals surface area contributed by atoms with Gasteiger partial charge in [-0.2, -0.15) is 0 Å². The summed E-state index contributed by atoms with van der Waals surface area (Å²) < 4.78 is 6.50. The van der Waals surface area contributed by atoms with Gasteiger partial charge in [0.2, 0.25) is 0 Å². The summed E-state index contributed by atoms with van der Waals surface area (Å²) in [7, 11) is 1.65. The van der Waals surface area contributed by atoms with Gasteiger partial charge in [0.05, 0.1) is 11.8 Å². The smallest absolute Gasteiger partial charge is 0.260 e. The summed E-state index contributed by atoms with van der Waals surface area (Å²) in [6.07, 6.45) is 0. The number of fused-ring (bicyclic) bond motifs is 2. The molecule has 1 aromatic heterocycles. The van der Waals surface area contributed by atoms with E-state index >= 15 is 0 Å². The number of thiazole rings is 1. The second kappa shape index (κ2) is 9.45. The molecule has 5 nitrogen and oxygen atoms in total. The van der Waals surface area contributed by atoms with Gasteiger partial charge in [0.25, 0.3) is 5.91 Å². The molecule has 31 heavy (non-hydrogen) atoms. The van der Waals surface area contributed by atoms with E-state index in [9.17, 15) is 4.79 Å². The second-order valence-electron chi connectivity index (χ2n) is 7.31. The van der Waals surface area contributed by atoms with E-state index in [4.69, 9.17) is 9.72 Å². The summed E-state index contributed by atoms with van der Waals surface area (Å²) in [6, 6.07) is 19.8. The molecule has 0 unspecified atom stereocenters. The number of aromatic nitrogens is 1. The normalized spacial score (nSPS) is 11.4. The summed E-state index contributed by atoms with van der Waals surface area (Å²) in [5.74, 6) is 0.697. The Bertz CT molecular complexity index is 1190. The molecule has 4 rings (SSSR count). The average molecular weight is 434 g/mol. The highest BCUT2D eigenvalue weighted by molar-refractivity contribution is 7.22. The molecule has 0 radical (unpaired) electrons. The number of amides is 1. The van der Waals surface area contributed by atoms with Gasteiger partial charge >= 0.3 is 0 Å². The molecular formula is C25H27N3O2S. The third-order valence-corrected chi connectivity index (χ3v) is 6.66. The van der Waals surface area contributed by atoms with Crippen LogP contribution >= 0.6 is 11.3 Å². The van der Waals surface area contributed by atoms with Crippen molar-refractivity contribution in [3.63, 3.8) is 0 Å². The number of likely N-dealkylation sites (N-methyl/N-ethyl adjacent to an activating group) is 1. The van der Waals surface area contributed by atoms with E-state index in [1.807, 2.05) is 65.6 Å². The molecule has 0 bridgehead atoms. The fourth-order valence-electron chi connectivity index (χ4n) is 3.81. The van der Waals surface area contributed by atoms with Crippen molar-refractivity contribution in [2.75, 3.05) is 38.2 Å². The Balaban J connectivity index is 1.78. The average Bonchev–Trinajstić information content (AvgIpc) is 3.25. The lowest BCUT2D eigenvalue weighted by molar-refractivity contribution is 0.0985. The van der Waals surface area contributed by atoms with Gasteiger partial charge in [0.15, 0.2) is 5.13 Å². The first-order valence-electron chi connectivity index (χ1n) is 10.6. The van der Waals surface area contributed by atoms with Crippen LogP contribution in [0.25, 0.3) is 21.0 Å². The number of ether oxygens (including phenoxy) is 1. The zero-order chi connectivity index (χ0) is 21.8. The second-order valence-corrected chi connectivity index (χ2v) is 8.32. The zero-order valence-electron chi connectivity index (χ0n) is 18.2. The van der Waals surface area contributed by atoms with Gasteiger partial charge in [-0.05, 0) is 42.1 Å². The molecule has 6 heteroatoms. The lowest BCUT2D eigenvalue weighted by Crippen LogP contribution is -2.39. The SMILES string of the molecule is CCN(CC)CCN(C(=O)c1cccc2ccccc12)c1nc2c(OC)cccc2s1. The van der Waals surface area contributed by atoms with E-state index in [1.54, 1.807) is 7.11 Å². The number of hydrogen-bond donors (Lipinski definition) is 0. The van der Waals surface area contributed by atoms with E-state index in [1.165, 1.54) is 11.3 Å². The van der Waals surface area contributed by atoms with Crippen molar-refractivity contribution in [2.24, 2.45) is 0 Å². The number of rotatable bonds is 8. The molecule has 0 atom stereocenters. The number of carbonyl (C=O) groups is 1. The predicted molar refractivity (Wildman–Crippen MR) is 130 cm³/mol. The zero-order valence-corrected chi connectivity index (χ0v) is 19.0. The van der Waals surface area contributed by atoms with E-state index in [2.05, 4.69) is 18.7 Å². The molecule has 160 valence electrons. The van der Waals surface area contributed by atoms with Crippen molar-refractivity contribution < 1.29 is 9.53 Å². The number of benzene rings is 3. The Morgan fingerprint density at radius 3 is 2.48 bits per heavy atom. The lowest BCUT2D eigenvalue weighted by Gasteiger charge is -2.25. The van der Waals surface area contributed by atoms with Crippen LogP contribution in [0.5, 0.6) is 5.75 Å². The van der Waals surface area contributed by atoms with Gasteiger partial charge in [0, 0.05) is 18.7 Å². The van der Waals surface area contributed by atoms with Crippen molar-refractivity contribution in [1.29, 1.82) is 0 Å². The number of nitrogens with zero attached hydrogens (tertiary/aromatic N) is 3. The highest BCUT2D eigenvalue weighted by Crippen LogP contribution is 2.35. The van der Waals surface area contributed by atoms with Crippen LogP contribution in [-0.2, 0) is 0 Å². The van der Waals surface area contributed by atoms with Crippen molar-refractivity contribution in [2.45, 2.75) is 13.8 Å². The van der Waals surface area contributed by atoms with Crippen LogP contribution < -0.4 is 9.64 Å². The fraction of sp³-hybridized carbons (Fsp3) is 0.280. The first kappa shape index (κ1) is 21.3. The van der Waals surface area contributed by atoms with Crippen molar-refractivity contribution in [3.05, 3.63) is 66.2 Å². The first-order chi connectivity index (χ1) is 15.2. The molecule has 3 aromatic carbocycles. The topological polar surface area (TPSA) is 45.7 Å². The number of methoxy groups -OCH3 is 1. The summed E-state index contributed by atoms with van der Waals surface area (Å²) in [5.41, 5.74) is 1.49. The van der Waals surface area contributed by atoms with Gasteiger partial charge in [-0.15, -0.1) is 0 Å². The van der Waals surface area contributed by atoms with Crippen LogP contribution in [0.15, 0.2) is 60.7 Å². The van der Waals surface area contributed by atoms with Crippen LogP contribution in [0.2, 0.25) is 0 Å². The maximum atomic E-state index is 13.8. The minimum Gasteiger partial charge on any atom is -0.494 e. The van der Waals surface area contributed by atoms with E-state index in [0.29, 0.717) is 17.2 Å². The Kier molecular flexibility index (Phi) is 6.49. The highest BCUT2D eigenvalue weighted by Gasteiger charge is 2.24. The molecule has 0 fully saturated rings. The maximum absolute atomic E-state index is 13.8. The van der Waals surface area contributed by atoms with Crippen LogP contribution in [0.3, 0.4) is 0 Å². The quantitative estimate of drug-likeness (QED) is 0.371. The summed E-state index contributed by atoms with van der Waals surface area (Å²) in [5, 5.41) is 2.72. The minimum atomic E-state index is -0.0259. The van der Waals surface area contributed by atoms with Gasteiger partial charge in [-0.3, -0.25) is 9.69 Å². The number of hydrogen-bond acceptors (Lipinski definition) is 5. The highest BCUT2D eigenvalue weighted by atomic mass is 32.1. The third kappa shape index (κ3) is 4.27. The molecule has 0 saturated carbocycles. The molecule has 0 spiro atoms. The van der Waals surface area contributed by atoms with Crippen molar-refractivity contribution >= 4 is 43.4 Å². The molecule has 0 aliphatic heterocycles. The summed E-state index contributed by atoms with van der Waals surface area (Å²) in [4.78, 5) is 22.8. The molecule has 0 saturated heterocycles. The molecule has 1 heterocycles. The Morgan fingerprint density at radius 2 is 1.71 bits per heavy atom. The largest absolute Gasteiger partial charge is 0.494 e. The summed E-state index contributed by atoms with van der Waals surface area (Å²) in [6.45, 7) is 7.54. The molecule has 1 amide bonds. The number of carbonyl (C=O) groups excluding carboxylic acids is 1. The molecular weight excluding hydrogens is 406 g/mol. The molecule has 0 aliphatic carbocycles. The van der Waals surface area contributed by atoms with E-state index < -0.39 is 0 Å². The van der Waals surface area contributed by atoms with Gasteiger partial charge in [-0.25, -0.2) is 4.98 Å². The Labute approximate surface area is 186 Å². The van der Waals surface area contributed by atoms with Gasteiger partial charge in [0.1, 0.15) is 11.3 Å². The minimum absolute atomic E-state index is 0.0259. The standard InChI is InChI=1S/C25H27N3O2S/c1-4-27(5-2)16-17-28(25-26-23-21(30-3)14-9-15-22(23)31-25)24(29)20-13-8-11-18-10-6-7-12-19(18)20/h6-15H,4-5,16-17H2,1-3H3. The van der Waals surface area contributed by atoms with E-state index in [-0.39, 0.29) is 5.91 Å². The first-order valence-corrected chi connectivity index (χ1v) is 11.4. The summed E-state index contributed by atoms with van der Waals surface area (Å²) >= 11 is 1.53. The fourth-order valence-corrected chi connectivity index (χ4v) is 4.82. The van der Waals surface area contributed by atoms with Crippen LogP contribution in [0, 0.1) is 0 Å². The third-order valence-electron chi connectivity index (χ3n) is 5.62. The monoisotopic (exact) mass is 433 g/mol. The van der Waals surface area contributed by atoms with Crippen molar-refractivity contribution in [1.82, 2.24) is 9.88 Å². The number of anilines is 1. The maximum Gasteiger partial charge on any atom is 0.260 e. The molecule has 4 aromatic rings. The number of para-hydroxylation sites is 1. The van der Waals surface area contributed by atoms with Crippen LogP contribution in [-0.4, -0.2) is 49.1 Å². The molecule has 0 aliphatic rings. The van der Waals surface area contributed by atoms with Crippen LogP contribution in [0.1, 0.15) is 24.2 Å².